The fourth-order valence-corrected chi connectivity index (χ4v) is 2.90. The van der Waals surface area contributed by atoms with Gasteiger partial charge in [-0.15, -0.1) is 5.10 Å². The van der Waals surface area contributed by atoms with Gasteiger partial charge in [-0.25, -0.2) is 4.68 Å². The summed E-state index contributed by atoms with van der Waals surface area (Å²) in [5.74, 6) is 1.16. The minimum Gasteiger partial charge on any atom is -0.334 e. The standard InChI is InChI=1S/C18H19N5O/c1-11-6-5-7-13(11)16-19-17(24-21-16)12-8-9-15-14(10-12)20-22-23(15)18(2,3)4/h5-6,8-10H,7H2,1-4H3. The second kappa shape index (κ2) is 5.12. The molecule has 0 saturated heterocycles. The van der Waals surface area contributed by atoms with Gasteiger partial charge >= 0.3 is 0 Å². The van der Waals surface area contributed by atoms with E-state index in [4.69, 9.17) is 4.52 Å². The molecule has 2 aromatic heterocycles. The van der Waals surface area contributed by atoms with Gasteiger partial charge in [-0.2, -0.15) is 4.98 Å². The highest BCUT2D eigenvalue weighted by atomic mass is 16.5. The number of benzene rings is 1. The van der Waals surface area contributed by atoms with E-state index < -0.39 is 0 Å². The van der Waals surface area contributed by atoms with Crippen LogP contribution in [0.25, 0.3) is 28.1 Å². The molecule has 3 aromatic rings. The van der Waals surface area contributed by atoms with Crippen LogP contribution in [0.15, 0.2) is 40.4 Å². The Morgan fingerprint density at radius 2 is 2.04 bits per heavy atom. The van der Waals surface area contributed by atoms with Gasteiger partial charge in [-0.05, 0) is 57.9 Å². The molecule has 0 bridgehead atoms. The van der Waals surface area contributed by atoms with Crippen molar-refractivity contribution in [1.29, 1.82) is 0 Å². The van der Waals surface area contributed by atoms with Crippen LogP contribution in [0.2, 0.25) is 0 Å². The summed E-state index contributed by atoms with van der Waals surface area (Å²) in [5, 5.41) is 12.7. The van der Waals surface area contributed by atoms with Crippen molar-refractivity contribution in [2.75, 3.05) is 0 Å². The zero-order chi connectivity index (χ0) is 16.9. The summed E-state index contributed by atoms with van der Waals surface area (Å²) in [6.45, 7) is 8.37. The lowest BCUT2D eigenvalue weighted by Crippen LogP contribution is -2.22. The maximum absolute atomic E-state index is 5.46. The monoisotopic (exact) mass is 321 g/mol. The average molecular weight is 321 g/mol. The minimum atomic E-state index is -0.118. The first-order valence-corrected chi connectivity index (χ1v) is 8.00. The Bertz CT molecular complexity index is 984. The Labute approximate surface area is 139 Å². The maximum Gasteiger partial charge on any atom is 0.258 e. The van der Waals surface area contributed by atoms with Crippen molar-refractivity contribution in [2.24, 2.45) is 0 Å². The molecule has 0 aliphatic heterocycles. The number of rotatable bonds is 2. The Morgan fingerprint density at radius 3 is 2.75 bits per heavy atom. The molecule has 4 rings (SSSR count). The molecule has 0 fully saturated rings. The number of hydrogen-bond donors (Lipinski definition) is 0. The third kappa shape index (κ3) is 2.35. The molecule has 122 valence electrons. The molecule has 0 atom stereocenters. The van der Waals surface area contributed by atoms with Gasteiger partial charge in [0.05, 0.1) is 11.1 Å². The summed E-state index contributed by atoms with van der Waals surface area (Å²) in [4.78, 5) is 4.54. The van der Waals surface area contributed by atoms with Crippen LogP contribution in [-0.4, -0.2) is 25.1 Å². The van der Waals surface area contributed by atoms with Crippen LogP contribution in [0.3, 0.4) is 0 Å². The highest BCUT2D eigenvalue weighted by Gasteiger charge is 2.20. The number of fused-ring (bicyclic) bond motifs is 1. The Morgan fingerprint density at radius 1 is 1.21 bits per heavy atom. The van der Waals surface area contributed by atoms with E-state index in [0.29, 0.717) is 11.7 Å². The van der Waals surface area contributed by atoms with E-state index in [-0.39, 0.29) is 5.54 Å². The second-order valence-electron chi connectivity index (χ2n) is 7.07. The van der Waals surface area contributed by atoms with Crippen LogP contribution in [0.4, 0.5) is 0 Å². The van der Waals surface area contributed by atoms with Crippen LogP contribution in [0.5, 0.6) is 0 Å². The summed E-state index contributed by atoms with van der Waals surface area (Å²) in [7, 11) is 0. The third-order valence-electron chi connectivity index (χ3n) is 4.19. The van der Waals surface area contributed by atoms with Crippen LogP contribution in [-0.2, 0) is 5.54 Å². The summed E-state index contributed by atoms with van der Waals surface area (Å²) >= 11 is 0. The summed E-state index contributed by atoms with van der Waals surface area (Å²) in [6, 6.07) is 5.91. The molecule has 0 N–H and O–H groups in total. The quantitative estimate of drug-likeness (QED) is 0.714. The van der Waals surface area contributed by atoms with E-state index in [2.05, 4.69) is 60.3 Å². The summed E-state index contributed by atoms with van der Waals surface area (Å²) in [5.41, 5.74) is 4.85. The zero-order valence-electron chi connectivity index (χ0n) is 14.2. The van der Waals surface area contributed by atoms with Gasteiger partial charge < -0.3 is 4.52 Å². The van der Waals surface area contributed by atoms with Crippen LogP contribution >= 0.6 is 0 Å². The fourth-order valence-electron chi connectivity index (χ4n) is 2.90. The summed E-state index contributed by atoms with van der Waals surface area (Å²) < 4.78 is 7.38. The lowest BCUT2D eigenvalue weighted by Gasteiger charge is -2.19. The molecule has 6 heteroatoms. The SMILES string of the molecule is CC1=C(c2noc(-c3ccc4c(c3)nnn4C(C)(C)C)n2)CC=C1. The predicted molar refractivity (Wildman–Crippen MR) is 92.2 cm³/mol. The first kappa shape index (κ1) is 14.8. The molecule has 0 radical (unpaired) electrons. The van der Waals surface area contributed by atoms with Crippen molar-refractivity contribution in [3.63, 3.8) is 0 Å². The molecule has 6 nitrogen and oxygen atoms in total. The molecule has 0 unspecified atom stereocenters. The normalized spacial score (nSPS) is 15.0. The number of hydrogen-bond acceptors (Lipinski definition) is 5. The molecule has 0 amide bonds. The fraction of sp³-hybridized carbons (Fsp3) is 0.333. The highest BCUT2D eigenvalue weighted by molar-refractivity contribution is 5.80. The van der Waals surface area contributed by atoms with E-state index in [9.17, 15) is 0 Å². The Kier molecular flexibility index (Phi) is 3.16. The minimum absolute atomic E-state index is 0.118. The van der Waals surface area contributed by atoms with Gasteiger partial charge in [0.1, 0.15) is 5.52 Å². The largest absolute Gasteiger partial charge is 0.334 e. The Balaban J connectivity index is 1.73. The average Bonchev–Trinajstić information content (AvgIpc) is 3.23. The van der Waals surface area contributed by atoms with E-state index in [1.54, 1.807) is 0 Å². The van der Waals surface area contributed by atoms with Gasteiger partial charge in [0, 0.05) is 11.1 Å². The first-order chi connectivity index (χ1) is 11.4. The van der Waals surface area contributed by atoms with Crippen molar-refractivity contribution in [1.82, 2.24) is 25.1 Å². The third-order valence-corrected chi connectivity index (χ3v) is 4.19. The van der Waals surface area contributed by atoms with Crippen molar-refractivity contribution in [3.05, 3.63) is 41.7 Å². The number of aromatic nitrogens is 5. The zero-order valence-corrected chi connectivity index (χ0v) is 14.2. The van der Waals surface area contributed by atoms with Crippen molar-refractivity contribution in [3.8, 4) is 11.5 Å². The molecule has 0 spiro atoms. The molecule has 1 aliphatic rings. The second-order valence-corrected chi connectivity index (χ2v) is 7.07. The lowest BCUT2D eigenvalue weighted by molar-refractivity contribution is 0.358. The van der Waals surface area contributed by atoms with Crippen LogP contribution in [0.1, 0.15) is 39.9 Å². The van der Waals surface area contributed by atoms with Crippen molar-refractivity contribution >= 4 is 16.6 Å². The van der Waals surface area contributed by atoms with Crippen LogP contribution in [0, 0.1) is 0 Å². The van der Waals surface area contributed by atoms with Gasteiger partial charge in [-0.1, -0.05) is 22.5 Å². The van der Waals surface area contributed by atoms with Gasteiger partial charge in [0.15, 0.2) is 5.82 Å². The molecular formula is C18H19N5O. The lowest BCUT2D eigenvalue weighted by atomic mass is 10.1. The summed E-state index contributed by atoms with van der Waals surface area (Å²) in [6.07, 6.45) is 5.05. The van der Waals surface area contributed by atoms with Gasteiger partial charge in [-0.3, -0.25) is 0 Å². The molecule has 1 aliphatic carbocycles. The van der Waals surface area contributed by atoms with E-state index >= 15 is 0 Å². The Hall–Kier alpha value is -2.76. The maximum atomic E-state index is 5.46. The molecular weight excluding hydrogens is 302 g/mol. The van der Waals surface area contributed by atoms with Crippen molar-refractivity contribution < 1.29 is 4.52 Å². The smallest absolute Gasteiger partial charge is 0.258 e. The van der Waals surface area contributed by atoms with E-state index in [1.165, 1.54) is 5.57 Å². The first-order valence-electron chi connectivity index (χ1n) is 8.00. The van der Waals surface area contributed by atoms with Gasteiger partial charge in [0.2, 0.25) is 0 Å². The highest BCUT2D eigenvalue weighted by Crippen LogP contribution is 2.29. The van der Waals surface area contributed by atoms with E-state index in [0.717, 1.165) is 28.6 Å². The molecule has 0 saturated carbocycles. The van der Waals surface area contributed by atoms with Crippen molar-refractivity contribution in [2.45, 2.75) is 39.7 Å². The molecule has 1 aromatic carbocycles. The van der Waals surface area contributed by atoms with Gasteiger partial charge in [0.25, 0.3) is 5.89 Å². The van der Waals surface area contributed by atoms with Crippen LogP contribution < -0.4 is 0 Å². The predicted octanol–water partition coefficient (Wildman–Crippen LogP) is 3.97. The topological polar surface area (TPSA) is 69.6 Å². The molecule has 24 heavy (non-hydrogen) atoms. The number of allylic oxidation sites excluding steroid dienone is 4. The molecule has 2 heterocycles. The van der Waals surface area contributed by atoms with E-state index in [1.807, 2.05) is 22.9 Å². The number of nitrogens with zero attached hydrogens (tertiary/aromatic N) is 5.